The maximum atomic E-state index is 12.2. The Hall–Kier alpha value is -2.95. The summed E-state index contributed by atoms with van der Waals surface area (Å²) in [6.45, 7) is 1.82. The number of amides is 1. The molecule has 0 aliphatic heterocycles. The number of nitrogens with one attached hydrogen (secondary N) is 1. The summed E-state index contributed by atoms with van der Waals surface area (Å²) < 4.78 is 5.14. The van der Waals surface area contributed by atoms with Crippen molar-refractivity contribution in [2.24, 2.45) is 0 Å². The second-order valence-electron chi connectivity index (χ2n) is 4.60. The summed E-state index contributed by atoms with van der Waals surface area (Å²) in [6, 6.07) is 13.8. The Morgan fingerprint density at radius 3 is 2.76 bits per heavy atom. The Kier molecular flexibility index (Phi) is 3.23. The number of aryl methyl sites for hydroxylation is 1. The molecule has 0 fully saturated rings. The first-order valence-corrected chi connectivity index (χ1v) is 6.41. The second-order valence-corrected chi connectivity index (χ2v) is 4.60. The molecule has 0 radical (unpaired) electrons. The smallest absolute Gasteiger partial charge is 0.349 e. The zero-order chi connectivity index (χ0) is 14.8. The third kappa shape index (κ3) is 2.67. The SMILES string of the molecule is Cc1cccc(NC(=O)c2cc3ccccc3oc2=O)n1. The number of rotatable bonds is 2. The summed E-state index contributed by atoms with van der Waals surface area (Å²) in [7, 11) is 0. The van der Waals surface area contributed by atoms with Gasteiger partial charge in [0.05, 0.1) is 0 Å². The summed E-state index contributed by atoms with van der Waals surface area (Å²) in [5.41, 5.74) is 0.516. The molecule has 3 aromatic rings. The van der Waals surface area contributed by atoms with Gasteiger partial charge >= 0.3 is 5.63 Å². The van der Waals surface area contributed by atoms with Gasteiger partial charge in [0, 0.05) is 11.1 Å². The zero-order valence-electron chi connectivity index (χ0n) is 11.3. The summed E-state index contributed by atoms with van der Waals surface area (Å²) in [5.74, 6) is -0.139. The molecule has 5 heteroatoms. The van der Waals surface area contributed by atoms with Crippen LogP contribution in [-0.2, 0) is 0 Å². The van der Waals surface area contributed by atoms with E-state index < -0.39 is 11.5 Å². The van der Waals surface area contributed by atoms with Crippen LogP contribution in [-0.4, -0.2) is 10.9 Å². The third-order valence-corrected chi connectivity index (χ3v) is 3.02. The molecule has 0 aliphatic carbocycles. The van der Waals surface area contributed by atoms with Gasteiger partial charge in [0.2, 0.25) is 0 Å². The number of nitrogens with zero attached hydrogens (tertiary/aromatic N) is 1. The largest absolute Gasteiger partial charge is 0.422 e. The lowest BCUT2D eigenvalue weighted by molar-refractivity contribution is 0.102. The molecule has 5 nitrogen and oxygen atoms in total. The van der Waals surface area contributed by atoms with E-state index in [1.165, 1.54) is 6.07 Å². The number of hydrogen-bond donors (Lipinski definition) is 1. The van der Waals surface area contributed by atoms with Crippen LogP contribution in [0.4, 0.5) is 5.82 Å². The van der Waals surface area contributed by atoms with E-state index in [4.69, 9.17) is 4.42 Å². The van der Waals surface area contributed by atoms with Crippen LogP contribution in [0.3, 0.4) is 0 Å². The van der Waals surface area contributed by atoms with Gasteiger partial charge < -0.3 is 9.73 Å². The van der Waals surface area contributed by atoms with Crippen molar-refractivity contribution in [1.29, 1.82) is 0 Å². The van der Waals surface area contributed by atoms with Crippen molar-refractivity contribution in [3.63, 3.8) is 0 Å². The molecular weight excluding hydrogens is 268 g/mol. The monoisotopic (exact) mass is 280 g/mol. The molecule has 2 heterocycles. The minimum Gasteiger partial charge on any atom is -0.422 e. The molecule has 104 valence electrons. The first-order chi connectivity index (χ1) is 10.1. The average Bonchev–Trinajstić information content (AvgIpc) is 2.46. The van der Waals surface area contributed by atoms with E-state index in [0.29, 0.717) is 16.8 Å². The van der Waals surface area contributed by atoms with E-state index in [-0.39, 0.29) is 5.56 Å². The van der Waals surface area contributed by atoms with Crippen molar-refractivity contribution in [3.8, 4) is 0 Å². The highest BCUT2D eigenvalue weighted by Crippen LogP contribution is 2.13. The van der Waals surface area contributed by atoms with Gasteiger partial charge in [-0.05, 0) is 31.2 Å². The fourth-order valence-electron chi connectivity index (χ4n) is 2.02. The van der Waals surface area contributed by atoms with E-state index in [0.717, 1.165) is 5.69 Å². The number of fused-ring (bicyclic) bond motifs is 1. The van der Waals surface area contributed by atoms with Gasteiger partial charge in [-0.2, -0.15) is 0 Å². The van der Waals surface area contributed by atoms with Crippen molar-refractivity contribution < 1.29 is 9.21 Å². The van der Waals surface area contributed by atoms with Gasteiger partial charge in [0.15, 0.2) is 0 Å². The number of hydrogen-bond acceptors (Lipinski definition) is 4. The summed E-state index contributed by atoms with van der Waals surface area (Å²) in [4.78, 5) is 28.2. The standard InChI is InChI=1S/C16H12N2O3/c1-10-5-4-8-14(17-10)18-15(19)12-9-11-6-2-3-7-13(11)21-16(12)20/h2-9H,1H3,(H,17,18,19). The molecule has 0 aliphatic rings. The predicted octanol–water partition coefficient (Wildman–Crippen LogP) is 2.75. The first-order valence-electron chi connectivity index (χ1n) is 6.41. The Labute approximate surface area is 120 Å². The molecule has 0 atom stereocenters. The molecule has 1 N–H and O–H groups in total. The van der Waals surface area contributed by atoms with Crippen LogP contribution in [0.2, 0.25) is 0 Å². The van der Waals surface area contributed by atoms with E-state index in [1.807, 2.05) is 19.1 Å². The Bertz CT molecular complexity index is 884. The Balaban J connectivity index is 1.98. The maximum Gasteiger partial charge on any atom is 0.349 e. The first kappa shape index (κ1) is 13.1. The fraction of sp³-hybridized carbons (Fsp3) is 0.0625. The van der Waals surface area contributed by atoms with Gasteiger partial charge in [0.25, 0.3) is 5.91 Å². The fourth-order valence-corrected chi connectivity index (χ4v) is 2.02. The number of pyridine rings is 1. The van der Waals surface area contributed by atoms with Gasteiger partial charge in [0.1, 0.15) is 17.0 Å². The normalized spacial score (nSPS) is 10.5. The predicted molar refractivity (Wildman–Crippen MR) is 79.4 cm³/mol. The quantitative estimate of drug-likeness (QED) is 0.733. The van der Waals surface area contributed by atoms with Crippen molar-refractivity contribution in [1.82, 2.24) is 4.98 Å². The van der Waals surface area contributed by atoms with Gasteiger partial charge in [-0.15, -0.1) is 0 Å². The lowest BCUT2D eigenvalue weighted by atomic mass is 10.2. The van der Waals surface area contributed by atoms with Crippen molar-refractivity contribution in [3.05, 3.63) is 70.2 Å². The Morgan fingerprint density at radius 2 is 1.95 bits per heavy atom. The minimum absolute atomic E-state index is 0.0444. The molecule has 0 bridgehead atoms. The molecule has 0 saturated heterocycles. The maximum absolute atomic E-state index is 12.2. The molecule has 21 heavy (non-hydrogen) atoms. The van der Waals surface area contributed by atoms with E-state index in [9.17, 15) is 9.59 Å². The van der Waals surface area contributed by atoms with E-state index in [2.05, 4.69) is 10.3 Å². The highest BCUT2D eigenvalue weighted by molar-refractivity contribution is 6.04. The van der Waals surface area contributed by atoms with Gasteiger partial charge in [-0.3, -0.25) is 4.79 Å². The number of carbonyl (C=O) groups is 1. The summed E-state index contributed by atoms with van der Waals surface area (Å²) in [5, 5.41) is 3.29. The highest BCUT2D eigenvalue weighted by Gasteiger charge is 2.14. The molecule has 3 rings (SSSR count). The van der Waals surface area contributed by atoms with Crippen LogP contribution in [0.5, 0.6) is 0 Å². The average molecular weight is 280 g/mol. The van der Waals surface area contributed by atoms with Crippen LogP contribution >= 0.6 is 0 Å². The molecule has 0 spiro atoms. The number of para-hydroxylation sites is 1. The minimum atomic E-state index is -0.668. The lowest BCUT2D eigenvalue weighted by Gasteiger charge is -2.05. The van der Waals surface area contributed by atoms with Gasteiger partial charge in [-0.25, -0.2) is 9.78 Å². The lowest BCUT2D eigenvalue weighted by Crippen LogP contribution is -2.21. The Morgan fingerprint density at radius 1 is 1.14 bits per heavy atom. The van der Waals surface area contributed by atoms with Crippen LogP contribution < -0.4 is 10.9 Å². The van der Waals surface area contributed by atoms with Crippen molar-refractivity contribution in [2.75, 3.05) is 5.32 Å². The molecule has 1 amide bonds. The van der Waals surface area contributed by atoms with Crippen molar-refractivity contribution in [2.45, 2.75) is 6.92 Å². The topological polar surface area (TPSA) is 72.2 Å². The van der Waals surface area contributed by atoms with Crippen LogP contribution in [0.1, 0.15) is 16.1 Å². The third-order valence-electron chi connectivity index (χ3n) is 3.02. The van der Waals surface area contributed by atoms with E-state index in [1.54, 1.807) is 30.3 Å². The highest BCUT2D eigenvalue weighted by atomic mass is 16.4. The van der Waals surface area contributed by atoms with Crippen LogP contribution in [0.25, 0.3) is 11.0 Å². The number of aromatic nitrogens is 1. The number of benzene rings is 1. The number of anilines is 1. The van der Waals surface area contributed by atoms with Gasteiger partial charge in [-0.1, -0.05) is 24.3 Å². The molecule has 2 aromatic heterocycles. The second kappa shape index (κ2) is 5.20. The van der Waals surface area contributed by atoms with E-state index >= 15 is 0 Å². The molecule has 1 aromatic carbocycles. The molecule has 0 saturated carbocycles. The van der Waals surface area contributed by atoms with Crippen molar-refractivity contribution >= 4 is 22.7 Å². The summed E-state index contributed by atoms with van der Waals surface area (Å²) >= 11 is 0. The number of carbonyl (C=O) groups excluding carboxylic acids is 1. The molecular formula is C16H12N2O3. The summed E-state index contributed by atoms with van der Waals surface area (Å²) in [6.07, 6.45) is 0. The molecule has 0 unspecified atom stereocenters. The zero-order valence-corrected chi connectivity index (χ0v) is 11.3. The van der Waals surface area contributed by atoms with Crippen LogP contribution in [0.15, 0.2) is 57.7 Å². The van der Waals surface area contributed by atoms with Crippen LogP contribution in [0, 0.1) is 6.92 Å².